The fourth-order valence-corrected chi connectivity index (χ4v) is 3.65. The summed E-state index contributed by atoms with van der Waals surface area (Å²) in [6.07, 6.45) is 3.79. The van der Waals surface area contributed by atoms with Crippen molar-refractivity contribution in [1.29, 1.82) is 0 Å². The summed E-state index contributed by atoms with van der Waals surface area (Å²) in [5.74, 6) is 0.919. The summed E-state index contributed by atoms with van der Waals surface area (Å²) in [4.78, 5) is 20.7. The van der Waals surface area contributed by atoms with Crippen LogP contribution in [0.2, 0.25) is 0 Å². The molecule has 0 unspecified atom stereocenters. The molecule has 0 aliphatic carbocycles. The van der Waals surface area contributed by atoms with Crippen LogP contribution in [0, 0.1) is 6.92 Å². The monoisotopic (exact) mass is 426 g/mol. The first kappa shape index (κ1) is 22.7. The molecule has 0 saturated carbocycles. The molecule has 168 valence electrons. The van der Waals surface area contributed by atoms with Gasteiger partial charge < -0.3 is 19.9 Å². The zero-order valence-corrected chi connectivity index (χ0v) is 18.9. The largest absolute Gasteiger partial charge is 0.450 e. The van der Waals surface area contributed by atoms with Crippen LogP contribution in [0.5, 0.6) is 0 Å². The molecule has 0 radical (unpaired) electrons. The third kappa shape index (κ3) is 6.23. The smallest absolute Gasteiger partial charge is 0.409 e. The van der Waals surface area contributed by atoms with Crippen LogP contribution in [0.25, 0.3) is 5.69 Å². The predicted octanol–water partition coefficient (Wildman–Crippen LogP) is 2.85. The number of guanidine groups is 1. The minimum atomic E-state index is -0.226. The maximum Gasteiger partial charge on any atom is 0.409 e. The molecule has 8 heteroatoms. The van der Waals surface area contributed by atoms with E-state index in [0.717, 1.165) is 56.4 Å². The number of benzene rings is 1. The van der Waals surface area contributed by atoms with E-state index in [1.54, 1.807) is 4.90 Å². The summed E-state index contributed by atoms with van der Waals surface area (Å²) in [7, 11) is 0. The number of para-hydroxylation sites is 1. The number of nitrogens with one attached hydrogen (secondary N) is 1. The van der Waals surface area contributed by atoms with Gasteiger partial charge in [-0.05, 0) is 51.3 Å². The number of aromatic nitrogens is 2. The average molecular weight is 427 g/mol. The molecule has 1 aliphatic rings. The van der Waals surface area contributed by atoms with E-state index in [1.165, 1.54) is 5.56 Å². The van der Waals surface area contributed by atoms with E-state index in [4.69, 9.17) is 9.73 Å². The molecule has 1 amide bonds. The Balaban J connectivity index is 1.52. The van der Waals surface area contributed by atoms with Crippen molar-refractivity contribution in [2.45, 2.75) is 33.6 Å². The number of amides is 1. The molecule has 2 heterocycles. The Morgan fingerprint density at radius 3 is 2.52 bits per heavy atom. The molecule has 1 saturated heterocycles. The first-order valence-electron chi connectivity index (χ1n) is 11.2. The molecule has 3 rings (SSSR count). The lowest BCUT2D eigenvalue weighted by atomic mass is 10.1. The van der Waals surface area contributed by atoms with Gasteiger partial charge in [0.05, 0.1) is 18.0 Å². The standard InChI is InChI=1S/C23H34N6O2/c1-4-24-22(27-14-16-28(17-15-27)23(30)31-5-2)25-13-9-10-20-18-29(26-19(20)3)21-11-7-6-8-12-21/h6-8,11-12,18H,4-5,9-10,13-17H2,1-3H3,(H,24,25). The number of piperazine rings is 1. The third-order valence-electron chi connectivity index (χ3n) is 5.33. The number of nitrogens with zero attached hydrogens (tertiary/aromatic N) is 5. The summed E-state index contributed by atoms with van der Waals surface area (Å²) in [5.41, 5.74) is 3.40. The fraction of sp³-hybridized carbons (Fsp3) is 0.522. The summed E-state index contributed by atoms with van der Waals surface area (Å²) >= 11 is 0. The van der Waals surface area contributed by atoms with Crippen molar-refractivity contribution < 1.29 is 9.53 Å². The highest BCUT2D eigenvalue weighted by atomic mass is 16.6. The van der Waals surface area contributed by atoms with Gasteiger partial charge in [-0.15, -0.1) is 0 Å². The highest BCUT2D eigenvalue weighted by molar-refractivity contribution is 5.80. The molecule has 0 spiro atoms. The molecular formula is C23H34N6O2. The first-order chi connectivity index (χ1) is 15.1. The van der Waals surface area contributed by atoms with E-state index in [0.29, 0.717) is 19.7 Å². The molecular weight excluding hydrogens is 392 g/mol. The third-order valence-corrected chi connectivity index (χ3v) is 5.33. The summed E-state index contributed by atoms with van der Waals surface area (Å²) in [6, 6.07) is 10.2. The minimum Gasteiger partial charge on any atom is -0.450 e. The van der Waals surface area contributed by atoms with Gasteiger partial charge in [0.15, 0.2) is 5.96 Å². The number of carbonyl (C=O) groups excluding carboxylic acids is 1. The van der Waals surface area contributed by atoms with E-state index in [2.05, 4.69) is 47.5 Å². The van der Waals surface area contributed by atoms with Crippen LogP contribution in [0.4, 0.5) is 4.79 Å². The SMILES string of the molecule is CCNC(=NCCCc1cn(-c2ccccc2)nc1C)N1CCN(C(=O)OCC)CC1. The average Bonchev–Trinajstić information content (AvgIpc) is 3.17. The molecule has 8 nitrogen and oxygen atoms in total. The number of aryl methyl sites for hydroxylation is 2. The van der Waals surface area contributed by atoms with Gasteiger partial charge in [0.1, 0.15) is 0 Å². The second kappa shape index (κ2) is 11.4. The molecule has 1 aromatic carbocycles. The van der Waals surface area contributed by atoms with Crippen molar-refractivity contribution in [2.24, 2.45) is 4.99 Å². The molecule has 0 bridgehead atoms. The lowest BCUT2D eigenvalue weighted by Crippen LogP contribution is -2.53. The summed E-state index contributed by atoms with van der Waals surface area (Å²) in [5, 5.41) is 8.03. The predicted molar refractivity (Wildman–Crippen MR) is 123 cm³/mol. The zero-order chi connectivity index (χ0) is 22.1. The minimum absolute atomic E-state index is 0.226. The normalized spacial score (nSPS) is 14.6. The number of aliphatic imine (C=N–C) groups is 1. The lowest BCUT2D eigenvalue weighted by molar-refractivity contribution is 0.0914. The number of hydrogen-bond acceptors (Lipinski definition) is 4. The van der Waals surface area contributed by atoms with Gasteiger partial charge in [-0.1, -0.05) is 18.2 Å². The van der Waals surface area contributed by atoms with Gasteiger partial charge in [-0.3, -0.25) is 4.99 Å². The second-order valence-corrected chi connectivity index (χ2v) is 7.53. The van der Waals surface area contributed by atoms with E-state index in [1.807, 2.05) is 29.8 Å². The Morgan fingerprint density at radius 2 is 1.84 bits per heavy atom. The Morgan fingerprint density at radius 1 is 1.13 bits per heavy atom. The molecule has 31 heavy (non-hydrogen) atoms. The van der Waals surface area contributed by atoms with Crippen LogP contribution in [0.1, 0.15) is 31.5 Å². The van der Waals surface area contributed by atoms with Gasteiger partial charge in [-0.25, -0.2) is 9.48 Å². The molecule has 2 aromatic rings. The molecule has 1 aliphatic heterocycles. The number of rotatable bonds is 7. The zero-order valence-electron chi connectivity index (χ0n) is 18.9. The van der Waals surface area contributed by atoms with Gasteiger partial charge >= 0.3 is 6.09 Å². The highest BCUT2D eigenvalue weighted by Crippen LogP contribution is 2.13. The molecule has 0 atom stereocenters. The van der Waals surface area contributed by atoms with E-state index in [9.17, 15) is 4.79 Å². The fourth-order valence-electron chi connectivity index (χ4n) is 3.65. The number of hydrogen-bond donors (Lipinski definition) is 1. The topological polar surface area (TPSA) is 75.0 Å². The van der Waals surface area contributed by atoms with Crippen molar-refractivity contribution in [3.63, 3.8) is 0 Å². The van der Waals surface area contributed by atoms with Crippen LogP contribution in [0.15, 0.2) is 41.5 Å². The van der Waals surface area contributed by atoms with E-state index < -0.39 is 0 Å². The second-order valence-electron chi connectivity index (χ2n) is 7.53. The van der Waals surface area contributed by atoms with Crippen molar-refractivity contribution >= 4 is 12.1 Å². The Bertz CT molecular complexity index is 856. The highest BCUT2D eigenvalue weighted by Gasteiger charge is 2.23. The molecule has 1 N–H and O–H groups in total. The van der Waals surface area contributed by atoms with Crippen LogP contribution in [-0.2, 0) is 11.2 Å². The summed E-state index contributed by atoms with van der Waals surface area (Å²) in [6.45, 7) is 10.8. The van der Waals surface area contributed by atoms with E-state index >= 15 is 0 Å². The van der Waals surface area contributed by atoms with Crippen LogP contribution < -0.4 is 5.32 Å². The Labute approximate surface area is 184 Å². The van der Waals surface area contributed by atoms with Crippen LogP contribution >= 0.6 is 0 Å². The maximum absolute atomic E-state index is 11.9. The Kier molecular flexibility index (Phi) is 8.32. The number of carbonyl (C=O) groups is 1. The Hall–Kier alpha value is -3.03. The van der Waals surface area contributed by atoms with Crippen LogP contribution in [-0.4, -0.2) is 77.5 Å². The van der Waals surface area contributed by atoms with Gasteiger partial charge in [0, 0.05) is 45.5 Å². The van der Waals surface area contributed by atoms with Gasteiger partial charge in [0.25, 0.3) is 0 Å². The van der Waals surface area contributed by atoms with Gasteiger partial charge in [0.2, 0.25) is 0 Å². The molecule has 1 fully saturated rings. The van der Waals surface area contributed by atoms with Crippen LogP contribution in [0.3, 0.4) is 0 Å². The maximum atomic E-state index is 11.9. The summed E-state index contributed by atoms with van der Waals surface area (Å²) < 4.78 is 7.05. The lowest BCUT2D eigenvalue weighted by Gasteiger charge is -2.35. The van der Waals surface area contributed by atoms with E-state index in [-0.39, 0.29) is 6.09 Å². The molecule has 1 aromatic heterocycles. The first-order valence-corrected chi connectivity index (χ1v) is 11.2. The van der Waals surface area contributed by atoms with Crippen molar-refractivity contribution in [3.8, 4) is 5.69 Å². The van der Waals surface area contributed by atoms with Crippen molar-refractivity contribution in [3.05, 3.63) is 47.8 Å². The van der Waals surface area contributed by atoms with Crippen molar-refractivity contribution in [2.75, 3.05) is 45.9 Å². The van der Waals surface area contributed by atoms with Gasteiger partial charge in [-0.2, -0.15) is 5.10 Å². The van der Waals surface area contributed by atoms with Crippen molar-refractivity contribution in [1.82, 2.24) is 24.9 Å². The quantitative estimate of drug-likeness (QED) is 0.419. The number of ether oxygens (including phenoxy) is 1.